The molecule has 0 spiro atoms. The van der Waals surface area contributed by atoms with Crippen LogP contribution in [0, 0.1) is 13.8 Å². The van der Waals surface area contributed by atoms with E-state index in [1.807, 2.05) is 51.1 Å². The second-order valence-corrected chi connectivity index (χ2v) is 10.6. The molecule has 1 saturated heterocycles. The van der Waals surface area contributed by atoms with Crippen molar-refractivity contribution in [3.8, 4) is 0 Å². The zero-order chi connectivity index (χ0) is 28.2. The Morgan fingerprint density at radius 1 is 1.05 bits per heavy atom. The predicted octanol–water partition coefficient (Wildman–Crippen LogP) is 4.83. The van der Waals surface area contributed by atoms with Crippen LogP contribution in [-0.2, 0) is 4.79 Å². The number of H-pyrrole nitrogens is 1. The van der Waals surface area contributed by atoms with E-state index in [1.165, 1.54) is 12.8 Å². The number of benzene rings is 2. The number of carbonyl (C=O) groups is 3. The van der Waals surface area contributed by atoms with Crippen molar-refractivity contribution in [2.24, 2.45) is 0 Å². The van der Waals surface area contributed by atoms with Gasteiger partial charge in [-0.2, -0.15) is 0 Å². The van der Waals surface area contributed by atoms with E-state index < -0.39 is 0 Å². The van der Waals surface area contributed by atoms with Gasteiger partial charge in [0.2, 0.25) is 0 Å². The Morgan fingerprint density at radius 2 is 1.80 bits per heavy atom. The van der Waals surface area contributed by atoms with E-state index in [0.717, 1.165) is 54.1 Å². The van der Waals surface area contributed by atoms with Gasteiger partial charge in [0.15, 0.2) is 0 Å². The smallest absolute Gasteiger partial charge is 0.256 e. The van der Waals surface area contributed by atoms with Crippen LogP contribution in [0.3, 0.4) is 0 Å². The van der Waals surface area contributed by atoms with E-state index in [0.29, 0.717) is 28.9 Å². The maximum atomic E-state index is 13.1. The number of rotatable bonds is 9. The summed E-state index contributed by atoms with van der Waals surface area (Å²) in [7, 11) is 0. The number of amides is 3. The first-order valence-electron chi connectivity index (χ1n) is 14.1. The fourth-order valence-corrected chi connectivity index (χ4v) is 5.65. The zero-order valence-corrected chi connectivity index (χ0v) is 23.4. The fraction of sp³-hybridized carbons (Fsp3) is 0.344. The van der Waals surface area contributed by atoms with Crippen LogP contribution < -0.4 is 16.0 Å². The summed E-state index contributed by atoms with van der Waals surface area (Å²) in [6.07, 6.45) is 4.99. The molecule has 40 heavy (non-hydrogen) atoms. The summed E-state index contributed by atoms with van der Waals surface area (Å²) in [5.74, 6) is -0.545. The average molecular weight is 540 g/mol. The average Bonchev–Trinajstić information content (AvgIpc) is 3.65. The molecule has 1 aromatic heterocycles. The number of likely N-dealkylation sites (tertiary alicyclic amines) is 1. The Labute approximate surface area is 235 Å². The molecule has 2 aliphatic heterocycles. The van der Waals surface area contributed by atoms with Crippen molar-refractivity contribution in [2.75, 3.05) is 31.5 Å². The van der Waals surface area contributed by atoms with E-state index in [2.05, 4.69) is 25.8 Å². The summed E-state index contributed by atoms with van der Waals surface area (Å²) in [6.45, 7) is 9.45. The second kappa shape index (κ2) is 11.9. The Balaban J connectivity index is 1.31. The van der Waals surface area contributed by atoms with Gasteiger partial charge in [-0.3, -0.25) is 14.4 Å². The zero-order valence-electron chi connectivity index (χ0n) is 23.4. The highest BCUT2D eigenvalue weighted by molar-refractivity contribution is 6.35. The predicted molar refractivity (Wildman–Crippen MR) is 158 cm³/mol. The number of aromatic amines is 1. The monoisotopic (exact) mass is 539 g/mol. The molecule has 0 unspecified atom stereocenters. The standard InChI is InChI=1S/C32H37N5O3/c1-4-26(22-10-6-5-7-11-22)35-30(38)23-12-13-24-25(31(39)36-28(24)18-23)19-27-20(2)29(21(3)34-27)32(40)33-14-17-37-15-8-9-16-37/h5-7,10-13,18-19,26,34H,4,8-9,14-17H2,1-3H3,(H,33,40)(H,35,38)(H,36,39)/b25-19-/t26-/m0/s1. The third-order valence-corrected chi connectivity index (χ3v) is 7.88. The Morgan fingerprint density at radius 3 is 2.52 bits per heavy atom. The van der Waals surface area contributed by atoms with Crippen LogP contribution in [0.1, 0.15) is 81.0 Å². The van der Waals surface area contributed by atoms with Gasteiger partial charge in [0.05, 0.1) is 17.2 Å². The number of anilines is 1. The number of fused-ring (bicyclic) bond motifs is 1. The van der Waals surface area contributed by atoms with Gasteiger partial charge in [0.25, 0.3) is 17.7 Å². The molecule has 2 aliphatic rings. The number of aryl methyl sites for hydroxylation is 1. The molecule has 1 atom stereocenters. The largest absolute Gasteiger partial charge is 0.358 e. The highest BCUT2D eigenvalue weighted by Crippen LogP contribution is 2.35. The van der Waals surface area contributed by atoms with Crippen molar-refractivity contribution in [2.45, 2.75) is 46.1 Å². The highest BCUT2D eigenvalue weighted by Gasteiger charge is 2.27. The molecule has 3 amide bonds. The minimum absolute atomic E-state index is 0.0993. The van der Waals surface area contributed by atoms with Crippen LogP contribution in [-0.4, -0.2) is 53.8 Å². The SMILES string of the molecule is CC[C@H](NC(=O)c1ccc2c(c1)NC(=O)/C2=C\c1[nH]c(C)c(C(=O)NCCN2CCCC2)c1C)c1ccccc1. The lowest BCUT2D eigenvalue weighted by molar-refractivity contribution is -0.110. The molecule has 0 saturated carbocycles. The Kier molecular flexibility index (Phi) is 8.16. The molecule has 4 N–H and O–H groups in total. The maximum absolute atomic E-state index is 13.1. The molecule has 3 heterocycles. The molecule has 0 bridgehead atoms. The van der Waals surface area contributed by atoms with Crippen molar-refractivity contribution in [1.82, 2.24) is 20.5 Å². The lowest BCUT2D eigenvalue weighted by Gasteiger charge is -2.17. The molecule has 208 valence electrons. The van der Waals surface area contributed by atoms with E-state index in [1.54, 1.807) is 24.3 Å². The van der Waals surface area contributed by atoms with Gasteiger partial charge in [-0.05, 0) is 75.5 Å². The van der Waals surface area contributed by atoms with Crippen LogP contribution in [0.2, 0.25) is 0 Å². The van der Waals surface area contributed by atoms with Gasteiger partial charge in [-0.1, -0.05) is 43.3 Å². The van der Waals surface area contributed by atoms with Crippen LogP contribution >= 0.6 is 0 Å². The van der Waals surface area contributed by atoms with Crippen LogP contribution in [0.25, 0.3) is 11.6 Å². The van der Waals surface area contributed by atoms with Gasteiger partial charge in [0, 0.05) is 41.3 Å². The van der Waals surface area contributed by atoms with Gasteiger partial charge in [-0.25, -0.2) is 0 Å². The first-order chi connectivity index (χ1) is 19.4. The van der Waals surface area contributed by atoms with E-state index in [-0.39, 0.29) is 23.8 Å². The first kappa shape index (κ1) is 27.4. The summed E-state index contributed by atoms with van der Waals surface area (Å²) >= 11 is 0. The van der Waals surface area contributed by atoms with Gasteiger partial charge in [0.1, 0.15) is 0 Å². The summed E-state index contributed by atoms with van der Waals surface area (Å²) in [5.41, 5.74) is 6.23. The Bertz CT molecular complexity index is 1450. The fourth-order valence-electron chi connectivity index (χ4n) is 5.65. The lowest BCUT2D eigenvalue weighted by Crippen LogP contribution is -2.33. The number of aromatic nitrogens is 1. The second-order valence-electron chi connectivity index (χ2n) is 10.6. The van der Waals surface area contributed by atoms with Gasteiger partial charge in [-0.15, -0.1) is 0 Å². The molecular weight excluding hydrogens is 502 g/mol. The molecule has 8 nitrogen and oxygen atoms in total. The number of hydrogen-bond acceptors (Lipinski definition) is 4. The molecule has 5 rings (SSSR count). The lowest BCUT2D eigenvalue weighted by atomic mass is 10.0. The minimum Gasteiger partial charge on any atom is -0.358 e. The summed E-state index contributed by atoms with van der Waals surface area (Å²) in [6, 6.07) is 15.0. The third-order valence-electron chi connectivity index (χ3n) is 7.88. The van der Waals surface area contributed by atoms with E-state index in [4.69, 9.17) is 0 Å². The van der Waals surface area contributed by atoms with Crippen molar-refractivity contribution in [3.05, 3.63) is 87.7 Å². The van der Waals surface area contributed by atoms with Gasteiger partial charge < -0.3 is 25.8 Å². The maximum Gasteiger partial charge on any atom is 0.256 e. The minimum atomic E-state index is -0.244. The van der Waals surface area contributed by atoms with Crippen molar-refractivity contribution >= 4 is 35.1 Å². The van der Waals surface area contributed by atoms with Gasteiger partial charge >= 0.3 is 0 Å². The molecule has 0 radical (unpaired) electrons. The number of carbonyl (C=O) groups excluding carboxylic acids is 3. The van der Waals surface area contributed by atoms with Crippen LogP contribution in [0.4, 0.5) is 5.69 Å². The number of nitrogens with zero attached hydrogens (tertiary/aromatic N) is 1. The molecular formula is C32H37N5O3. The van der Waals surface area contributed by atoms with E-state index in [9.17, 15) is 14.4 Å². The highest BCUT2D eigenvalue weighted by atomic mass is 16.2. The van der Waals surface area contributed by atoms with Crippen molar-refractivity contribution in [1.29, 1.82) is 0 Å². The molecule has 8 heteroatoms. The quantitative estimate of drug-likeness (QED) is 0.292. The van der Waals surface area contributed by atoms with Crippen molar-refractivity contribution < 1.29 is 14.4 Å². The van der Waals surface area contributed by atoms with Crippen LogP contribution in [0.5, 0.6) is 0 Å². The third kappa shape index (κ3) is 5.72. The molecule has 3 aromatic rings. The number of hydrogen-bond donors (Lipinski definition) is 4. The van der Waals surface area contributed by atoms with Crippen molar-refractivity contribution in [3.63, 3.8) is 0 Å². The summed E-state index contributed by atoms with van der Waals surface area (Å²) in [4.78, 5) is 44.6. The molecule has 1 fully saturated rings. The van der Waals surface area contributed by atoms with Crippen LogP contribution in [0.15, 0.2) is 48.5 Å². The Hall–Kier alpha value is -4.17. The molecule has 2 aromatic carbocycles. The number of nitrogens with one attached hydrogen (secondary N) is 4. The molecule has 0 aliphatic carbocycles. The summed E-state index contributed by atoms with van der Waals surface area (Å²) < 4.78 is 0. The topological polar surface area (TPSA) is 106 Å². The first-order valence-corrected chi connectivity index (χ1v) is 14.1. The van der Waals surface area contributed by atoms with E-state index >= 15 is 0 Å². The normalized spacial score (nSPS) is 16.6. The summed E-state index contributed by atoms with van der Waals surface area (Å²) in [5, 5.41) is 9.04.